The van der Waals surface area contributed by atoms with Crippen LogP contribution in [0.1, 0.15) is 20.7 Å². The third-order valence-electron chi connectivity index (χ3n) is 4.10. The molecule has 158 valence electrons. The maximum atomic E-state index is 13.0. The summed E-state index contributed by atoms with van der Waals surface area (Å²) in [6.07, 6.45) is 0. The fourth-order valence-corrected chi connectivity index (χ4v) is 2.52. The van der Waals surface area contributed by atoms with Gasteiger partial charge in [0, 0.05) is 17.7 Å². The van der Waals surface area contributed by atoms with Crippen molar-refractivity contribution in [3.05, 3.63) is 93.8 Å². The molecule has 3 aromatic rings. The van der Waals surface area contributed by atoms with Gasteiger partial charge in [0.05, 0.1) is 17.6 Å². The molecule has 2 N–H and O–H groups in total. The third-order valence-corrected chi connectivity index (χ3v) is 4.10. The van der Waals surface area contributed by atoms with Crippen LogP contribution in [0.15, 0.2) is 66.7 Å². The maximum absolute atomic E-state index is 13.0. The maximum Gasteiger partial charge on any atom is 0.273 e. The van der Waals surface area contributed by atoms with Crippen LogP contribution in [0.2, 0.25) is 0 Å². The molecule has 10 heteroatoms. The molecule has 0 aromatic heterocycles. The van der Waals surface area contributed by atoms with Gasteiger partial charge in [-0.3, -0.25) is 30.6 Å². The predicted octanol–water partition coefficient (Wildman–Crippen LogP) is 3.61. The smallest absolute Gasteiger partial charge is 0.273 e. The highest BCUT2D eigenvalue weighted by Gasteiger charge is 2.19. The summed E-state index contributed by atoms with van der Waals surface area (Å²) in [5.74, 6) is -1.07. The van der Waals surface area contributed by atoms with Gasteiger partial charge in [-0.15, -0.1) is 0 Å². The minimum Gasteiger partial charge on any atom is -0.497 e. The first-order chi connectivity index (χ1) is 14.9. The molecule has 0 bridgehead atoms. The number of hydrogen-bond donors (Lipinski definition) is 2. The SMILES string of the molecule is COc1ccc(Oc2ccc([N+](=O)[O-])cc2C(=O)NNC(=O)c2ccc(F)cc2)cc1. The number of benzene rings is 3. The van der Waals surface area contributed by atoms with Crippen molar-refractivity contribution in [1.29, 1.82) is 0 Å². The first kappa shape index (κ1) is 21.2. The number of hydrazine groups is 1. The Bertz CT molecular complexity index is 1120. The zero-order valence-corrected chi connectivity index (χ0v) is 16.1. The summed E-state index contributed by atoms with van der Waals surface area (Å²) < 4.78 is 23.7. The Morgan fingerprint density at radius 1 is 0.903 bits per heavy atom. The van der Waals surface area contributed by atoms with Crippen LogP contribution in [0.5, 0.6) is 17.2 Å². The minimum atomic E-state index is -0.845. The van der Waals surface area contributed by atoms with Gasteiger partial charge < -0.3 is 9.47 Å². The van der Waals surface area contributed by atoms with Gasteiger partial charge in [-0.25, -0.2) is 4.39 Å². The van der Waals surface area contributed by atoms with E-state index in [1.54, 1.807) is 24.3 Å². The molecular formula is C21H16FN3O6. The molecule has 0 saturated heterocycles. The number of halogens is 1. The number of non-ortho nitro benzene ring substituents is 1. The Morgan fingerprint density at radius 2 is 1.52 bits per heavy atom. The van der Waals surface area contributed by atoms with Crippen LogP contribution >= 0.6 is 0 Å². The lowest BCUT2D eigenvalue weighted by Gasteiger charge is -2.12. The number of nitro benzene ring substituents is 1. The van der Waals surface area contributed by atoms with Crippen molar-refractivity contribution in [3.63, 3.8) is 0 Å². The van der Waals surface area contributed by atoms with Crippen LogP contribution in [0.3, 0.4) is 0 Å². The number of amides is 2. The number of nitrogens with one attached hydrogen (secondary N) is 2. The molecule has 0 saturated carbocycles. The van der Waals surface area contributed by atoms with Crippen LogP contribution in [-0.2, 0) is 0 Å². The normalized spacial score (nSPS) is 10.1. The van der Waals surface area contributed by atoms with Crippen LogP contribution in [0.4, 0.5) is 10.1 Å². The van der Waals surface area contributed by atoms with Crippen LogP contribution in [0, 0.1) is 15.9 Å². The van der Waals surface area contributed by atoms with Crippen molar-refractivity contribution in [2.75, 3.05) is 7.11 Å². The molecule has 31 heavy (non-hydrogen) atoms. The van der Waals surface area contributed by atoms with Gasteiger partial charge in [-0.05, 0) is 54.6 Å². The molecule has 0 unspecified atom stereocenters. The number of carbonyl (C=O) groups excluding carboxylic acids is 2. The van der Waals surface area contributed by atoms with Crippen molar-refractivity contribution in [2.24, 2.45) is 0 Å². The molecule has 0 aliphatic heterocycles. The van der Waals surface area contributed by atoms with E-state index in [0.717, 1.165) is 18.2 Å². The van der Waals surface area contributed by atoms with Crippen LogP contribution in [0.25, 0.3) is 0 Å². The number of rotatable bonds is 6. The quantitative estimate of drug-likeness (QED) is 0.460. The Kier molecular flexibility index (Phi) is 6.41. The Morgan fingerprint density at radius 3 is 2.13 bits per heavy atom. The highest BCUT2D eigenvalue weighted by atomic mass is 19.1. The number of methoxy groups -OCH3 is 1. The number of nitro groups is 1. The molecule has 0 heterocycles. The molecule has 0 atom stereocenters. The van der Waals surface area contributed by atoms with Crippen molar-refractivity contribution in [3.8, 4) is 17.2 Å². The summed E-state index contributed by atoms with van der Waals surface area (Å²) in [5.41, 5.74) is 3.93. The van der Waals surface area contributed by atoms with E-state index in [0.29, 0.717) is 11.5 Å². The fraction of sp³-hybridized carbons (Fsp3) is 0.0476. The second kappa shape index (κ2) is 9.35. The molecule has 9 nitrogen and oxygen atoms in total. The van der Waals surface area contributed by atoms with E-state index in [-0.39, 0.29) is 22.6 Å². The van der Waals surface area contributed by atoms with E-state index in [2.05, 4.69) is 10.9 Å². The molecule has 3 rings (SSSR count). The lowest BCUT2D eigenvalue weighted by Crippen LogP contribution is -2.41. The second-order valence-electron chi connectivity index (χ2n) is 6.13. The van der Waals surface area contributed by atoms with Gasteiger partial charge in [0.25, 0.3) is 17.5 Å². The molecule has 2 amide bonds. The van der Waals surface area contributed by atoms with Crippen molar-refractivity contribution in [1.82, 2.24) is 10.9 Å². The van der Waals surface area contributed by atoms with E-state index in [1.165, 1.54) is 31.4 Å². The van der Waals surface area contributed by atoms with Crippen LogP contribution in [-0.4, -0.2) is 23.8 Å². The van der Waals surface area contributed by atoms with Crippen molar-refractivity contribution in [2.45, 2.75) is 0 Å². The Hall–Kier alpha value is -4.47. The van der Waals surface area contributed by atoms with Gasteiger partial charge in [-0.1, -0.05) is 0 Å². The van der Waals surface area contributed by atoms with Gasteiger partial charge >= 0.3 is 0 Å². The van der Waals surface area contributed by atoms with Gasteiger partial charge in [0.1, 0.15) is 23.1 Å². The first-order valence-corrected chi connectivity index (χ1v) is 8.84. The molecule has 0 aliphatic rings. The van der Waals surface area contributed by atoms with E-state index in [9.17, 15) is 24.1 Å². The van der Waals surface area contributed by atoms with E-state index < -0.39 is 22.6 Å². The van der Waals surface area contributed by atoms with E-state index >= 15 is 0 Å². The number of nitrogens with zero attached hydrogens (tertiary/aromatic N) is 1. The average molecular weight is 425 g/mol. The summed E-state index contributed by atoms with van der Waals surface area (Å²) in [6.45, 7) is 0. The van der Waals surface area contributed by atoms with Crippen LogP contribution < -0.4 is 20.3 Å². The number of carbonyl (C=O) groups is 2. The summed E-state index contributed by atoms with van der Waals surface area (Å²) >= 11 is 0. The monoisotopic (exact) mass is 425 g/mol. The summed E-state index contributed by atoms with van der Waals surface area (Å²) in [6, 6.07) is 14.6. The first-order valence-electron chi connectivity index (χ1n) is 8.84. The van der Waals surface area contributed by atoms with Gasteiger partial charge in [0.2, 0.25) is 0 Å². The lowest BCUT2D eigenvalue weighted by atomic mass is 10.1. The fourth-order valence-electron chi connectivity index (χ4n) is 2.52. The predicted molar refractivity (Wildman–Crippen MR) is 107 cm³/mol. The summed E-state index contributed by atoms with van der Waals surface area (Å²) in [5, 5.41) is 11.1. The van der Waals surface area contributed by atoms with E-state index in [4.69, 9.17) is 9.47 Å². The minimum absolute atomic E-state index is 0.0318. The standard InChI is InChI=1S/C21H16FN3O6/c1-30-16-7-9-17(10-8-16)31-19-11-6-15(25(28)29)12-18(19)21(27)24-23-20(26)13-2-4-14(22)5-3-13/h2-12H,1H3,(H,23,26)(H,24,27). The molecule has 3 aromatic carbocycles. The molecule has 0 fully saturated rings. The van der Waals surface area contributed by atoms with Gasteiger partial charge in [0.15, 0.2) is 0 Å². The summed E-state index contributed by atoms with van der Waals surface area (Å²) in [7, 11) is 1.51. The molecule has 0 aliphatic carbocycles. The number of ether oxygens (including phenoxy) is 2. The average Bonchev–Trinajstić information content (AvgIpc) is 2.78. The Balaban J connectivity index is 1.80. The second-order valence-corrected chi connectivity index (χ2v) is 6.13. The zero-order valence-electron chi connectivity index (χ0n) is 16.1. The van der Waals surface area contributed by atoms with E-state index in [1.807, 2.05) is 0 Å². The molecule has 0 radical (unpaired) electrons. The van der Waals surface area contributed by atoms with Gasteiger partial charge in [-0.2, -0.15) is 0 Å². The highest BCUT2D eigenvalue weighted by Crippen LogP contribution is 2.29. The Labute approximate surface area is 175 Å². The van der Waals surface area contributed by atoms with Crippen molar-refractivity contribution < 1.29 is 28.4 Å². The molecular weight excluding hydrogens is 409 g/mol. The lowest BCUT2D eigenvalue weighted by molar-refractivity contribution is -0.384. The van der Waals surface area contributed by atoms with Crippen molar-refractivity contribution >= 4 is 17.5 Å². The highest BCUT2D eigenvalue weighted by molar-refractivity contribution is 6.00. The zero-order chi connectivity index (χ0) is 22.4. The third kappa shape index (κ3) is 5.32. The number of hydrogen-bond acceptors (Lipinski definition) is 6. The summed E-state index contributed by atoms with van der Waals surface area (Å²) in [4.78, 5) is 35.2. The topological polar surface area (TPSA) is 120 Å². The largest absolute Gasteiger partial charge is 0.497 e. The molecule has 0 spiro atoms.